The molecule has 0 N–H and O–H groups in total. The van der Waals surface area contributed by atoms with Crippen molar-refractivity contribution in [3.8, 4) is 22.4 Å². The maximum Gasteiger partial charge on any atom is 0.184 e. The van der Waals surface area contributed by atoms with Crippen molar-refractivity contribution in [1.29, 1.82) is 0 Å². The Kier molecular flexibility index (Phi) is 2.86. The van der Waals surface area contributed by atoms with E-state index in [0.29, 0.717) is 5.65 Å². The lowest BCUT2D eigenvalue weighted by molar-refractivity contribution is 0.628. The molecule has 0 atom stereocenters. The molecule has 1 aromatic carbocycles. The van der Waals surface area contributed by atoms with E-state index < -0.39 is 0 Å². The van der Waals surface area contributed by atoms with Gasteiger partial charge in [0, 0.05) is 24.2 Å². The molecule has 0 amide bonds. The van der Waals surface area contributed by atoms with Crippen LogP contribution in [0.5, 0.6) is 0 Å². The Morgan fingerprint density at radius 3 is 2.36 bits per heavy atom. The Hall–Kier alpha value is -3.15. The van der Waals surface area contributed by atoms with E-state index in [9.17, 15) is 4.39 Å². The second kappa shape index (κ2) is 5.00. The van der Waals surface area contributed by atoms with Crippen molar-refractivity contribution in [2.24, 2.45) is 0 Å². The molecule has 0 aliphatic heterocycles. The van der Waals surface area contributed by atoms with Crippen LogP contribution in [0.1, 0.15) is 0 Å². The first-order valence-electron chi connectivity index (χ1n) is 6.69. The first-order valence-corrected chi connectivity index (χ1v) is 6.69. The molecule has 0 aliphatic carbocycles. The second-order valence-corrected chi connectivity index (χ2v) is 4.72. The summed E-state index contributed by atoms with van der Waals surface area (Å²) in [6.07, 6.45) is 6.59. The van der Waals surface area contributed by atoms with Crippen LogP contribution in [0.4, 0.5) is 4.39 Å². The SMILES string of the molecule is Fc1ccc(-c2c(-c3ccncc3)nn3nccnc23)cc1. The molecule has 22 heavy (non-hydrogen) atoms. The zero-order chi connectivity index (χ0) is 14.9. The highest BCUT2D eigenvalue weighted by Gasteiger charge is 2.17. The molecule has 6 heteroatoms. The van der Waals surface area contributed by atoms with Gasteiger partial charge in [-0.2, -0.15) is 5.10 Å². The number of rotatable bonds is 2. The van der Waals surface area contributed by atoms with E-state index in [1.54, 1.807) is 36.9 Å². The molecule has 0 saturated carbocycles. The molecule has 0 unspecified atom stereocenters. The van der Waals surface area contributed by atoms with Crippen LogP contribution >= 0.6 is 0 Å². The van der Waals surface area contributed by atoms with E-state index in [4.69, 9.17) is 0 Å². The van der Waals surface area contributed by atoms with Gasteiger partial charge in [0.25, 0.3) is 0 Å². The molecule has 3 aromatic heterocycles. The zero-order valence-electron chi connectivity index (χ0n) is 11.4. The van der Waals surface area contributed by atoms with Gasteiger partial charge >= 0.3 is 0 Å². The first-order chi connectivity index (χ1) is 10.8. The summed E-state index contributed by atoms with van der Waals surface area (Å²) in [4.78, 5) is 8.38. The highest BCUT2D eigenvalue weighted by atomic mass is 19.1. The van der Waals surface area contributed by atoms with Crippen LogP contribution in [0.25, 0.3) is 28.0 Å². The monoisotopic (exact) mass is 291 g/mol. The van der Waals surface area contributed by atoms with Crippen LogP contribution in [-0.2, 0) is 0 Å². The van der Waals surface area contributed by atoms with E-state index in [0.717, 1.165) is 22.4 Å². The van der Waals surface area contributed by atoms with Gasteiger partial charge in [-0.15, -0.1) is 9.73 Å². The van der Waals surface area contributed by atoms with Crippen molar-refractivity contribution < 1.29 is 4.39 Å². The summed E-state index contributed by atoms with van der Waals surface area (Å²) in [5.74, 6) is -0.281. The Bertz CT molecular complexity index is 932. The average molecular weight is 291 g/mol. The molecule has 4 rings (SSSR count). The van der Waals surface area contributed by atoms with Gasteiger partial charge in [0.05, 0.1) is 11.8 Å². The number of nitrogens with zero attached hydrogens (tertiary/aromatic N) is 5. The van der Waals surface area contributed by atoms with Crippen LogP contribution in [0, 0.1) is 5.82 Å². The van der Waals surface area contributed by atoms with Crippen LogP contribution in [-0.4, -0.2) is 24.8 Å². The minimum Gasteiger partial charge on any atom is -0.265 e. The van der Waals surface area contributed by atoms with E-state index >= 15 is 0 Å². The molecule has 0 aliphatic rings. The van der Waals surface area contributed by atoms with Crippen LogP contribution < -0.4 is 0 Å². The highest BCUT2D eigenvalue weighted by Crippen LogP contribution is 2.33. The number of hydrogen-bond donors (Lipinski definition) is 0. The fraction of sp³-hybridized carbons (Fsp3) is 0. The summed E-state index contributed by atoms with van der Waals surface area (Å²) in [7, 11) is 0. The molecule has 106 valence electrons. The molecule has 4 aromatic rings. The Balaban J connectivity index is 2.04. The molecule has 0 saturated heterocycles. The van der Waals surface area contributed by atoms with E-state index in [2.05, 4.69) is 20.2 Å². The third-order valence-electron chi connectivity index (χ3n) is 3.37. The van der Waals surface area contributed by atoms with Gasteiger partial charge in [0.1, 0.15) is 11.5 Å². The van der Waals surface area contributed by atoms with Gasteiger partial charge in [0.2, 0.25) is 0 Å². The standard InChI is InChI=1S/C16H10FN5/c17-13-3-1-11(2-4-13)14-15(12-5-7-18-8-6-12)21-22-16(14)19-9-10-20-22/h1-10H. The number of halogens is 1. The van der Waals surface area contributed by atoms with Gasteiger partial charge in [-0.05, 0) is 29.8 Å². The van der Waals surface area contributed by atoms with E-state index in [1.165, 1.54) is 16.8 Å². The largest absolute Gasteiger partial charge is 0.265 e. The second-order valence-electron chi connectivity index (χ2n) is 4.72. The van der Waals surface area contributed by atoms with Crippen LogP contribution in [0.2, 0.25) is 0 Å². The fourth-order valence-corrected chi connectivity index (χ4v) is 2.39. The number of benzene rings is 1. The van der Waals surface area contributed by atoms with Crippen molar-refractivity contribution in [3.05, 3.63) is 67.0 Å². The summed E-state index contributed by atoms with van der Waals surface area (Å²) >= 11 is 0. The van der Waals surface area contributed by atoms with E-state index in [1.807, 2.05) is 12.1 Å². The number of aromatic nitrogens is 5. The van der Waals surface area contributed by atoms with Crippen molar-refractivity contribution in [2.75, 3.05) is 0 Å². The smallest absolute Gasteiger partial charge is 0.184 e. The summed E-state index contributed by atoms with van der Waals surface area (Å²) in [6, 6.07) is 10.0. The van der Waals surface area contributed by atoms with E-state index in [-0.39, 0.29) is 5.82 Å². The van der Waals surface area contributed by atoms with Crippen LogP contribution in [0.15, 0.2) is 61.2 Å². The van der Waals surface area contributed by atoms with Crippen molar-refractivity contribution in [3.63, 3.8) is 0 Å². The molecular formula is C16H10FN5. The van der Waals surface area contributed by atoms with Gasteiger partial charge in [-0.25, -0.2) is 9.37 Å². The van der Waals surface area contributed by atoms with Gasteiger partial charge in [-0.1, -0.05) is 12.1 Å². The third-order valence-corrected chi connectivity index (χ3v) is 3.37. The summed E-state index contributed by atoms with van der Waals surface area (Å²) < 4.78 is 14.7. The maximum atomic E-state index is 13.2. The summed E-state index contributed by atoms with van der Waals surface area (Å²) in [5.41, 5.74) is 3.92. The highest BCUT2D eigenvalue weighted by molar-refractivity contribution is 5.90. The minimum atomic E-state index is -0.281. The molecule has 0 fully saturated rings. The molecular weight excluding hydrogens is 281 g/mol. The van der Waals surface area contributed by atoms with Gasteiger partial charge in [0.15, 0.2) is 5.65 Å². The fourth-order valence-electron chi connectivity index (χ4n) is 2.39. The Morgan fingerprint density at radius 2 is 1.59 bits per heavy atom. The maximum absolute atomic E-state index is 13.2. The van der Waals surface area contributed by atoms with Gasteiger partial charge in [-0.3, -0.25) is 4.98 Å². The lowest BCUT2D eigenvalue weighted by Gasteiger charge is -2.03. The number of pyridine rings is 1. The zero-order valence-corrected chi connectivity index (χ0v) is 11.4. The van der Waals surface area contributed by atoms with Crippen molar-refractivity contribution in [1.82, 2.24) is 24.8 Å². The predicted octanol–water partition coefficient (Wildman–Crippen LogP) is 2.99. The first kappa shape index (κ1) is 12.6. The Labute approximate surface area is 125 Å². The van der Waals surface area contributed by atoms with Crippen molar-refractivity contribution in [2.45, 2.75) is 0 Å². The Morgan fingerprint density at radius 1 is 0.818 bits per heavy atom. The predicted molar refractivity (Wildman–Crippen MR) is 79.4 cm³/mol. The van der Waals surface area contributed by atoms with Crippen molar-refractivity contribution >= 4 is 5.65 Å². The molecule has 0 radical (unpaired) electrons. The topological polar surface area (TPSA) is 56.0 Å². The molecule has 0 spiro atoms. The lowest BCUT2D eigenvalue weighted by Crippen LogP contribution is -1.93. The molecule has 0 bridgehead atoms. The van der Waals surface area contributed by atoms with Gasteiger partial charge < -0.3 is 0 Å². The average Bonchev–Trinajstić information content (AvgIpc) is 2.96. The lowest BCUT2D eigenvalue weighted by atomic mass is 10.0. The number of hydrogen-bond acceptors (Lipinski definition) is 4. The third kappa shape index (κ3) is 2.01. The minimum absolute atomic E-state index is 0.281. The summed E-state index contributed by atoms with van der Waals surface area (Å²) in [5, 5.41) is 8.69. The number of fused-ring (bicyclic) bond motifs is 1. The van der Waals surface area contributed by atoms with Crippen LogP contribution in [0.3, 0.4) is 0 Å². The summed E-state index contributed by atoms with van der Waals surface area (Å²) in [6.45, 7) is 0. The quantitative estimate of drug-likeness (QED) is 0.569. The molecule has 5 nitrogen and oxygen atoms in total. The normalized spacial score (nSPS) is 11.0. The molecule has 3 heterocycles.